The second-order valence-electron chi connectivity index (χ2n) is 5.14. The van der Waals surface area contributed by atoms with E-state index in [9.17, 15) is 0 Å². The molecule has 2 rings (SSSR count). The zero-order chi connectivity index (χ0) is 15.2. The van der Waals surface area contributed by atoms with Gasteiger partial charge in [-0.1, -0.05) is 36.2 Å². The average Bonchev–Trinajstić information content (AvgIpc) is 2.86. The van der Waals surface area contributed by atoms with Crippen LogP contribution in [0.25, 0.3) is 0 Å². The maximum Gasteiger partial charge on any atom is 0.0492 e. The lowest BCUT2D eigenvalue weighted by atomic mass is 10.0. The third-order valence-corrected chi connectivity index (χ3v) is 4.38. The third-order valence-electron chi connectivity index (χ3n) is 3.68. The van der Waals surface area contributed by atoms with E-state index in [2.05, 4.69) is 23.4 Å². The number of likely N-dealkylation sites (N-methyl/N-ethyl adjacent to an activating group) is 1. The van der Waals surface area contributed by atoms with Crippen molar-refractivity contribution in [2.75, 3.05) is 6.54 Å². The van der Waals surface area contributed by atoms with Gasteiger partial charge in [0.05, 0.1) is 0 Å². The lowest BCUT2D eigenvalue weighted by molar-refractivity contribution is 0.484. The van der Waals surface area contributed by atoms with Crippen LogP contribution in [0.15, 0.2) is 30.5 Å². The number of hydrogen-bond donors (Lipinski definition) is 1. The van der Waals surface area contributed by atoms with Crippen molar-refractivity contribution in [2.24, 2.45) is 7.05 Å². The Morgan fingerprint density at radius 2 is 1.95 bits per heavy atom. The first-order valence-electron chi connectivity index (χ1n) is 7.25. The van der Waals surface area contributed by atoms with Crippen molar-refractivity contribution in [1.82, 2.24) is 15.1 Å². The highest BCUT2D eigenvalue weighted by Crippen LogP contribution is 2.26. The van der Waals surface area contributed by atoms with Crippen LogP contribution in [0.5, 0.6) is 0 Å². The SMILES string of the molecule is CCNC(CCc1ccnn1C)Cc1c(Cl)cccc1Cl. The smallest absolute Gasteiger partial charge is 0.0492 e. The number of benzene rings is 1. The molecular formula is C16H21Cl2N3. The predicted molar refractivity (Wildman–Crippen MR) is 89.2 cm³/mol. The fourth-order valence-electron chi connectivity index (χ4n) is 2.51. The molecule has 0 aliphatic rings. The number of aromatic nitrogens is 2. The van der Waals surface area contributed by atoms with Gasteiger partial charge in [-0.25, -0.2) is 0 Å². The van der Waals surface area contributed by atoms with E-state index in [1.807, 2.05) is 36.1 Å². The van der Waals surface area contributed by atoms with Gasteiger partial charge in [0.2, 0.25) is 0 Å². The Morgan fingerprint density at radius 3 is 2.52 bits per heavy atom. The third kappa shape index (κ3) is 4.47. The van der Waals surface area contributed by atoms with Gasteiger partial charge in [0, 0.05) is 35.0 Å². The minimum absolute atomic E-state index is 0.349. The summed E-state index contributed by atoms with van der Waals surface area (Å²) in [6, 6.07) is 8.08. The summed E-state index contributed by atoms with van der Waals surface area (Å²) in [5.74, 6) is 0. The summed E-state index contributed by atoms with van der Waals surface area (Å²) in [7, 11) is 1.97. The molecule has 0 radical (unpaired) electrons. The van der Waals surface area contributed by atoms with Gasteiger partial charge in [0.15, 0.2) is 0 Å². The molecule has 0 aliphatic carbocycles. The van der Waals surface area contributed by atoms with Crippen molar-refractivity contribution < 1.29 is 0 Å². The molecular weight excluding hydrogens is 305 g/mol. The quantitative estimate of drug-likeness (QED) is 0.837. The predicted octanol–water partition coefficient (Wildman–Crippen LogP) is 3.88. The van der Waals surface area contributed by atoms with Gasteiger partial charge in [-0.3, -0.25) is 4.68 Å². The molecule has 0 spiro atoms. The Hall–Kier alpha value is -1.03. The van der Waals surface area contributed by atoms with Crippen LogP contribution in [-0.2, 0) is 19.9 Å². The average molecular weight is 326 g/mol. The highest BCUT2D eigenvalue weighted by molar-refractivity contribution is 6.36. The molecule has 0 aliphatic heterocycles. The van der Waals surface area contributed by atoms with Crippen molar-refractivity contribution in [1.29, 1.82) is 0 Å². The molecule has 1 heterocycles. The molecule has 0 saturated heterocycles. The molecule has 1 unspecified atom stereocenters. The van der Waals surface area contributed by atoms with Crippen LogP contribution < -0.4 is 5.32 Å². The molecule has 1 N–H and O–H groups in total. The van der Waals surface area contributed by atoms with E-state index in [4.69, 9.17) is 23.2 Å². The minimum atomic E-state index is 0.349. The van der Waals surface area contributed by atoms with Crippen LogP contribution in [0.1, 0.15) is 24.6 Å². The van der Waals surface area contributed by atoms with E-state index in [0.29, 0.717) is 6.04 Å². The number of halogens is 2. The lowest BCUT2D eigenvalue weighted by Crippen LogP contribution is -2.31. The summed E-state index contributed by atoms with van der Waals surface area (Å²) in [6.45, 7) is 3.05. The molecule has 0 fully saturated rings. The van der Waals surface area contributed by atoms with Crippen LogP contribution in [-0.4, -0.2) is 22.4 Å². The van der Waals surface area contributed by atoms with Gasteiger partial charge in [0.25, 0.3) is 0 Å². The number of rotatable bonds is 7. The van der Waals surface area contributed by atoms with Crippen molar-refractivity contribution >= 4 is 23.2 Å². The molecule has 3 nitrogen and oxygen atoms in total. The second-order valence-corrected chi connectivity index (χ2v) is 5.96. The van der Waals surface area contributed by atoms with Gasteiger partial charge < -0.3 is 5.32 Å². The van der Waals surface area contributed by atoms with Crippen LogP contribution in [0.3, 0.4) is 0 Å². The van der Waals surface area contributed by atoms with E-state index in [1.165, 1.54) is 5.69 Å². The molecule has 1 aromatic carbocycles. The van der Waals surface area contributed by atoms with Crippen LogP contribution in [0.4, 0.5) is 0 Å². The zero-order valence-electron chi connectivity index (χ0n) is 12.4. The Balaban J connectivity index is 2.03. The topological polar surface area (TPSA) is 29.9 Å². The molecule has 0 saturated carbocycles. The second kappa shape index (κ2) is 7.83. The van der Waals surface area contributed by atoms with Gasteiger partial charge in [-0.2, -0.15) is 5.10 Å². The highest BCUT2D eigenvalue weighted by Gasteiger charge is 2.14. The lowest BCUT2D eigenvalue weighted by Gasteiger charge is -2.19. The van der Waals surface area contributed by atoms with Crippen LogP contribution in [0.2, 0.25) is 10.0 Å². The molecule has 1 aromatic heterocycles. The molecule has 1 atom stereocenters. The van der Waals surface area contributed by atoms with Gasteiger partial charge >= 0.3 is 0 Å². The standard InChI is InChI=1S/C16H21Cl2N3/c1-3-19-12(7-8-13-9-10-20-21(13)2)11-14-15(17)5-4-6-16(14)18/h4-6,9-10,12,19H,3,7-8,11H2,1-2H3. The Morgan fingerprint density at radius 1 is 1.24 bits per heavy atom. The summed E-state index contributed by atoms with van der Waals surface area (Å²) in [6.07, 6.45) is 4.68. The number of nitrogens with zero attached hydrogens (tertiary/aromatic N) is 2. The summed E-state index contributed by atoms with van der Waals surface area (Å²) in [4.78, 5) is 0. The fraction of sp³-hybridized carbons (Fsp3) is 0.438. The van der Waals surface area contributed by atoms with E-state index in [1.54, 1.807) is 0 Å². The van der Waals surface area contributed by atoms with E-state index in [-0.39, 0.29) is 0 Å². The highest BCUT2D eigenvalue weighted by atomic mass is 35.5. The first-order valence-corrected chi connectivity index (χ1v) is 8.00. The van der Waals surface area contributed by atoms with Gasteiger partial charge in [0.1, 0.15) is 0 Å². The molecule has 114 valence electrons. The van der Waals surface area contributed by atoms with Crippen molar-refractivity contribution in [2.45, 2.75) is 32.2 Å². The Labute approximate surface area is 136 Å². The molecule has 0 bridgehead atoms. The zero-order valence-corrected chi connectivity index (χ0v) is 14.0. The van der Waals surface area contributed by atoms with E-state index >= 15 is 0 Å². The molecule has 0 amide bonds. The largest absolute Gasteiger partial charge is 0.314 e. The fourth-order valence-corrected chi connectivity index (χ4v) is 3.06. The number of nitrogens with one attached hydrogen (secondary N) is 1. The minimum Gasteiger partial charge on any atom is -0.314 e. The maximum absolute atomic E-state index is 6.27. The summed E-state index contributed by atoms with van der Waals surface area (Å²) >= 11 is 12.5. The van der Waals surface area contributed by atoms with E-state index < -0.39 is 0 Å². The molecule has 5 heteroatoms. The van der Waals surface area contributed by atoms with E-state index in [0.717, 1.165) is 41.4 Å². The number of hydrogen-bond acceptors (Lipinski definition) is 2. The summed E-state index contributed by atoms with van der Waals surface area (Å²) in [5.41, 5.74) is 2.26. The molecule has 2 aromatic rings. The first-order chi connectivity index (χ1) is 10.1. The summed E-state index contributed by atoms with van der Waals surface area (Å²) in [5, 5.41) is 9.21. The Kier molecular flexibility index (Phi) is 6.09. The van der Waals surface area contributed by atoms with Crippen molar-refractivity contribution in [3.8, 4) is 0 Å². The molecule has 21 heavy (non-hydrogen) atoms. The summed E-state index contributed by atoms with van der Waals surface area (Å²) < 4.78 is 1.92. The van der Waals surface area contributed by atoms with Crippen molar-refractivity contribution in [3.63, 3.8) is 0 Å². The van der Waals surface area contributed by atoms with Crippen LogP contribution >= 0.6 is 23.2 Å². The normalized spacial score (nSPS) is 12.6. The maximum atomic E-state index is 6.27. The van der Waals surface area contributed by atoms with Crippen molar-refractivity contribution in [3.05, 3.63) is 51.8 Å². The van der Waals surface area contributed by atoms with Crippen LogP contribution in [0, 0.1) is 0 Å². The van der Waals surface area contributed by atoms with Gasteiger partial charge in [-0.15, -0.1) is 0 Å². The monoisotopic (exact) mass is 325 g/mol. The number of aryl methyl sites for hydroxylation is 2. The Bertz CT molecular complexity index is 560. The first kappa shape index (κ1) is 16.3. The van der Waals surface area contributed by atoms with Gasteiger partial charge in [-0.05, 0) is 49.6 Å².